The van der Waals surface area contributed by atoms with E-state index in [1.165, 1.54) is 70.6 Å². The standard InChI is InChI=1S/C54H89NO7/c1-5-6-7-8-9-10-11-12-13-14-15-16-17-18-19-20-21-22-23-24-25-26-27-28-29-30-31-32-33-34-35-36-37-38-39-40-41-42-43-44-45-46-52(57)61-49-51(56)50-62-54(53(58)59)60-48-47-55(2,3)4/h6-7,9-10,12-13,15-16,18-19,21-22,24-25,27-28,30-31,51,54,56H,5,8,11,14,17,20,23,26,29,32-50H2,1-4H3/p+1/b7-6-,10-9-,13-12-,16-15-,19-18-,22-21-,25-24-,28-27-,31-30-. The number of allylic oxidation sites excluding steroid dienone is 18. The average molecular weight is 865 g/mol. The molecular formula is C54H90NO7+. The minimum absolute atomic E-state index is 0.206. The number of hydrogen-bond acceptors (Lipinski definition) is 6. The lowest BCUT2D eigenvalue weighted by molar-refractivity contribution is -0.870. The van der Waals surface area contributed by atoms with Gasteiger partial charge in [0.1, 0.15) is 19.3 Å². The quantitative estimate of drug-likeness (QED) is 0.0207. The van der Waals surface area contributed by atoms with Gasteiger partial charge in [-0.25, -0.2) is 4.79 Å². The Bertz CT molecular complexity index is 1310. The average Bonchev–Trinajstić information content (AvgIpc) is 3.24. The van der Waals surface area contributed by atoms with Crippen LogP contribution in [0.1, 0.15) is 161 Å². The summed E-state index contributed by atoms with van der Waals surface area (Å²) in [6.45, 7) is 2.46. The van der Waals surface area contributed by atoms with Crippen LogP contribution in [0, 0.1) is 0 Å². The molecule has 0 saturated heterocycles. The van der Waals surface area contributed by atoms with Crippen molar-refractivity contribution in [1.29, 1.82) is 0 Å². The number of carbonyl (C=O) groups excluding carboxylic acids is 1. The lowest BCUT2D eigenvalue weighted by Crippen LogP contribution is -2.40. The zero-order valence-electron chi connectivity index (χ0n) is 39.7. The maximum Gasteiger partial charge on any atom is 0.361 e. The van der Waals surface area contributed by atoms with E-state index in [0.717, 1.165) is 77.0 Å². The molecule has 0 heterocycles. The van der Waals surface area contributed by atoms with Gasteiger partial charge in [0, 0.05) is 6.42 Å². The van der Waals surface area contributed by atoms with E-state index in [1.54, 1.807) is 0 Å². The van der Waals surface area contributed by atoms with Crippen molar-refractivity contribution in [2.75, 3.05) is 47.5 Å². The molecule has 0 fully saturated rings. The first-order valence-corrected chi connectivity index (χ1v) is 24.1. The number of unbranched alkanes of at least 4 members (excludes halogenated alkanes) is 13. The second kappa shape index (κ2) is 45.5. The summed E-state index contributed by atoms with van der Waals surface area (Å²) in [5.74, 6) is -1.62. The Labute approximate surface area is 379 Å². The number of carbonyl (C=O) groups is 2. The summed E-state index contributed by atoms with van der Waals surface area (Å²) >= 11 is 0. The lowest BCUT2D eigenvalue weighted by Gasteiger charge is -2.24. The maximum atomic E-state index is 12.0. The number of quaternary nitrogens is 1. The van der Waals surface area contributed by atoms with Crippen molar-refractivity contribution in [3.05, 3.63) is 109 Å². The van der Waals surface area contributed by atoms with Crippen molar-refractivity contribution in [3.8, 4) is 0 Å². The zero-order valence-corrected chi connectivity index (χ0v) is 39.7. The first kappa shape index (κ1) is 58.4. The van der Waals surface area contributed by atoms with E-state index in [4.69, 9.17) is 14.2 Å². The third kappa shape index (κ3) is 47.5. The van der Waals surface area contributed by atoms with Crippen molar-refractivity contribution >= 4 is 11.9 Å². The summed E-state index contributed by atoms with van der Waals surface area (Å²) < 4.78 is 16.2. The molecule has 0 rings (SSSR count). The molecule has 0 saturated carbocycles. The molecule has 0 aliphatic heterocycles. The summed E-state index contributed by atoms with van der Waals surface area (Å²) in [4.78, 5) is 23.3. The SMILES string of the molecule is CC/C=C\C/C=C\C/C=C\C/C=C\C/C=C\C/C=C\C/C=C\C/C=C\C/C=C\CCCCCCCCCCCCCCCC(=O)OCC(O)COC(OCC[N+](C)(C)C)C(=O)O. The molecule has 0 spiro atoms. The number of carboxylic acid groups (broad SMARTS) is 1. The molecule has 2 atom stereocenters. The second-order valence-corrected chi connectivity index (χ2v) is 16.9. The number of hydrogen-bond donors (Lipinski definition) is 2. The molecule has 0 amide bonds. The highest BCUT2D eigenvalue weighted by molar-refractivity contribution is 5.70. The molecule has 0 aromatic rings. The van der Waals surface area contributed by atoms with Gasteiger partial charge in [0.15, 0.2) is 0 Å². The third-order valence-corrected chi connectivity index (χ3v) is 9.77. The van der Waals surface area contributed by atoms with Gasteiger partial charge in [-0.3, -0.25) is 4.79 Å². The van der Waals surface area contributed by atoms with Gasteiger partial charge in [-0.2, -0.15) is 0 Å². The van der Waals surface area contributed by atoms with Crippen LogP contribution < -0.4 is 0 Å². The van der Waals surface area contributed by atoms with Crippen molar-refractivity contribution in [2.24, 2.45) is 0 Å². The molecule has 2 unspecified atom stereocenters. The van der Waals surface area contributed by atoms with Crippen LogP contribution in [0.2, 0.25) is 0 Å². The summed E-state index contributed by atoms with van der Waals surface area (Å²) in [5, 5.41) is 19.3. The number of aliphatic carboxylic acids is 1. The molecule has 2 N–H and O–H groups in total. The molecule has 0 aromatic carbocycles. The fourth-order valence-corrected chi connectivity index (χ4v) is 6.06. The summed E-state index contributed by atoms with van der Waals surface area (Å²) in [6, 6.07) is 0. The number of aliphatic hydroxyl groups is 1. The normalized spacial score (nSPS) is 14.0. The number of carboxylic acids is 1. The molecule has 0 aliphatic rings. The Kier molecular flexibility index (Phi) is 42.9. The van der Waals surface area contributed by atoms with Gasteiger partial charge in [-0.05, 0) is 77.0 Å². The monoisotopic (exact) mass is 865 g/mol. The van der Waals surface area contributed by atoms with Crippen LogP contribution in [0.3, 0.4) is 0 Å². The lowest BCUT2D eigenvalue weighted by atomic mass is 10.0. The Balaban J connectivity index is 3.54. The van der Waals surface area contributed by atoms with Crippen LogP contribution in [-0.4, -0.2) is 86.5 Å². The fourth-order valence-electron chi connectivity index (χ4n) is 6.06. The molecule has 0 bridgehead atoms. The van der Waals surface area contributed by atoms with Gasteiger partial charge in [0.25, 0.3) is 6.29 Å². The highest BCUT2D eigenvalue weighted by Crippen LogP contribution is 2.14. The molecular weight excluding hydrogens is 775 g/mol. The predicted octanol–water partition coefficient (Wildman–Crippen LogP) is 13.4. The first-order chi connectivity index (χ1) is 30.2. The Hall–Kier alpha value is -3.56. The summed E-state index contributed by atoms with van der Waals surface area (Å²) in [7, 11) is 5.92. The topological polar surface area (TPSA) is 102 Å². The van der Waals surface area contributed by atoms with Crippen LogP contribution in [0.5, 0.6) is 0 Å². The minimum Gasteiger partial charge on any atom is -0.477 e. The molecule has 352 valence electrons. The number of likely N-dealkylation sites (N-methyl/N-ethyl adjacent to an activating group) is 1. The molecule has 0 aromatic heterocycles. The van der Waals surface area contributed by atoms with E-state index < -0.39 is 18.4 Å². The van der Waals surface area contributed by atoms with Crippen LogP contribution >= 0.6 is 0 Å². The van der Waals surface area contributed by atoms with Gasteiger partial charge in [0.2, 0.25) is 0 Å². The molecule has 8 heteroatoms. The van der Waals surface area contributed by atoms with Crippen molar-refractivity contribution in [3.63, 3.8) is 0 Å². The highest BCUT2D eigenvalue weighted by atomic mass is 16.7. The van der Waals surface area contributed by atoms with E-state index >= 15 is 0 Å². The van der Waals surface area contributed by atoms with E-state index in [2.05, 4.69) is 116 Å². The van der Waals surface area contributed by atoms with Crippen LogP contribution in [-0.2, 0) is 23.8 Å². The van der Waals surface area contributed by atoms with E-state index in [-0.39, 0.29) is 25.8 Å². The van der Waals surface area contributed by atoms with Gasteiger partial charge in [-0.15, -0.1) is 0 Å². The molecule has 0 radical (unpaired) electrons. The Morgan fingerprint density at radius 3 is 1.21 bits per heavy atom. The largest absolute Gasteiger partial charge is 0.477 e. The van der Waals surface area contributed by atoms with E-state index in [0.29, 0.717) is 17.4 Å². The van der Waals surface area contributed by atoms with Gasteiger partial charge in [-0.1, -0.05) is 187 Å². The van der Waals surface area contributed by atoms with Crippen LogP contribution in [0.15, 0.2) is 109 Å². The smallest absolute Gasteiger partial charge is 0.361 e. The number of rotatable bonds is 43. The predicted molar refractivity (Wildman–Crippen MR) is 262 cm³/mol. The van der Waals surface area contributed by atoms with Gasteiger partial charge >= 0.3 is 11.9 Å². The third-order valence-electron chi connectivity index (χ3n) is 9.77. The highest BCUT2D eigenvalue weighted by Gasteiger charge is 2.22. The number of esters is 1. The molecule has 8 nitrogen and oxygen atoms in total. The van der Waals surface area contributed by atoms with Crippen LogP contribution in [0.4, 0.5) is 0 Å². The summed E-state index contributed by atoms with van der Waals surface area (Å²) in [5.41, 5.74) is 0. The molecule has 62 heavy (non-hydrogen) atoms. The van der Waals surface area contributed by atoms with Crippen LogP contribution in [0.25, 0.3) is 0 Å². The van der Waals surface area contributed by atoms with E-state index in [9.17, 15) is 19.8 Å². The van der Waals surface area contributed by atoms with Crippen molar-refractivity contribution in [2.45, 2.75) is 173 Å². The number of nitrogens with zero attached hydrogens (tertiary/aromatic N) is 1. The first-order valence-electron chi connectivity index (χ1n) is 24.1. The van der Waals surface area contributed by atoms with E-state index in [1.807, 2.05) is 21.1 Å². The number of ether oxygens (including phenoxy) is 3. The Morgan fingerprint density at radius 2 is 0.839 bits per heavy atom. The number of aliphatic hydroxyl groups excluding tert-OH is 1. The van der Waals surface area contributed by atoms with Crippen molar-refractivity contribution in [1.82, 2.24) is 0 Å². The zero-order chi connectivity index (χ0) is 45.5. The minimum atomic E-state index is -1.47. The maximum absolute atomic E-state index is 12.0. The van der Waals surface area contributed by atoms with Crippen molar-refractivity contribution < 1.29 is 38.5 Å². The molecule has 0 aliphatic carbocycles. The van der Waals surface area contributed by atoms with Gasteiger partial charge < -0.3 is 28.9 Å². The summed E-state index contributed by atoms with van der Waals surface area (Å²) in [6.07, 6.45) is 64.4. The Morgan fingerprint density at radius 1 is 0.484 bits per heavy atom. The van der Waals surface area contributed by atoms with Gasteiger partial charge in [0.05, 0.1) is 34.4 Å². The second-order valence-electron chi connectivity index (χ2n) is 16.9. The fraction of sp³-hybridized carbons (Fsp3) is 0.630.